The lowest BCUT2D eigenvalue weighted by molar-refractivity contribution is -0.107. The minimum absolute atomic E-state index is 0.296. The molecular formula is C13H17NO2. The van der Waals surface area contributed by atoms with Crippen LogP contribution in [-0.4, -0.2) is 24.5 Å². The second-order valence-electron chi connectivity index (χ2n) is 4.21. The maximum absolute atomic E-state index is 10.3. The molecule has 1 aliphatic heterocycles. The van der Waals surface area contributed by atoms with Gasteiger partial charge in [0, 0.05) is 25.2 Å². The van der Waals surface area contributed by atoms with Crippen LogP contribution in [0.15, 0.2) is 18.2 Å². The fourth-order valence-corrected chi connectivity index (χ4v) is 2.16. The van der Waals surface area contributed by atoms with E-state index in [9.17, 15) is 9.90 Å². The minimum Gasteiger partial charge on any atom is -0.508 e. The summed E-state index contributed by atoms with van der Waals surface area (Å²) in [5.74, 6) is 0.296. The summed E-state index contributed by atoms with van der Waals surface area (Å²) < 4.78 is 0. The number of aryl methyl sites for hydroxylation is 1. The van der Waals surface area contributed by atoms with Crippen LogP contribution < -0.4 is 4.90 Å². The molecule has 0 radical (unpaired) electrons. The van der Waals surface area contributed by atoms with Gasteiger partial charge in [0.25, 0.3) is 0 Å². The molecule has 1 N–H and O–H groups in total. The van der Waals surface area contributed by atoms with Gasteiger partial charge in [0.2, 0.25) is 0 Å². The lowest BCUT2D eigenvalue weighted by atomic mass is 10.1. The van der Waals surface area contributed by atoms with Gasteiger partial charge >= 0.3 is 0 Å². The zero-order chi connectivity index (χ0) is 11.4. The number of aromatic hydroxyl groups is 1. The van der Waals surface area contributed by atoms with Gasteiger partial charge in [-0.15, -0.1) is 0 Å². The number of rotatable bonds is 4. The minimum atomic E-state index is 0.296. The summed E-state index contributed by atoms with van der Waals surface area (Å²) in [5, 5.41) is 9.67. The molecule has 0 spiro atoms. The molecule has 1 aromatic rings. The number of hydrogen-bond donors (Lipinski definition) is 1. The van der Waals surface area contributed by atoms with E-state index >= 15 is 0 Å². The summed E-state index contributed by atoms with van der Waals surface area (Å²) in [5.41, 5.74) is 2.03. The summed E-state index contributed by atoms with van der Waals surface area (Å²) in [6.07, 6.45) is 4.46. The number of carbonyl (C=O) groups is 1. The Bertz CT molecular complexity index is 370. The maximum atomic E-state index is 10.3. The second-order valence-corrected chi connectivity index (χ2v) is 4.21. The fourth-order valence-electron chi connectivity index (χ4n) is 2.16. The van der Waals surface area contributed by atoms with Crippen LogP contribution in [0.1, 0.15) is 24.8 Å². The zero-order valence-electron chi connectivity index (χ0n) is 9.35. The first-order chi connectivity index (χ1) is 7.81. The standard InChI is InChI=1S/C13H17NO2/c15-9-3-4-11-10-12(5-6-13(11)16)14-7-1-2-8-14/h5-6,9-10,16H,1-4,7-8H2. The van der Waals surface area contributed by atoms with E-state index in [2.05, 4.69) is 4.90 Å². The van der Waals surface area contributed by atoms with Crippen molar-refractivity contribution in [3.8, 4) is 5.75 Å². The molecule has 0 saturated carbocycles. The number of carbonyl (C=O) groups excluding carboxylic acids is 1. The van der Waals surface area contributed by atoms with E-state index < -0.39 is 0 Å². The van der Waals surface area contributed by atoms with Gasteiger partial charge in [-0.1, -0.05) is 0 Å². The molecule has 0 amide bonds. The van der Waals surface area contributed by atoms with E-state index in [4.69, 9.17) is 0 Å². The Hall–Kier alpha value is -1.51. The molecule has 1 heterocycles. The van der Waals surface area contributed by atoms with Crippen LogP contribution in [0.4, 0.5) is 5.69 Å². The van der Waals surface area contributed by atoms with E-state index in [1.807, 2.05) is 12.1 Å². The molecule has 1 aliphatic rings. The summed E-state index contributed by atoms with van der Waals surface area (Å²) in [7, 11) is 0. The third kappa shape index (κ3) is 2.35. The molecular weight excluding hydrogens is 202 g/mol. The third-order valence-corrected chi connectivity index (χ3v) is 3.07. The highest BCUT2D eigenvalue weighted by atomic mass is 16.3. The van der Waals surface area contributed by atoms with E-state index in [0.717, 1.165) is 30.6 Å². The molecule has 0 bridgehead atoms. The second kappa shape index (κ2) is 5.01. The molecule has 1 aromatic carbocycles. The smallest absolute Gasteiger partial charge is 0.120 e. The molecule has 0 aliphatic carbocycles. The Morgan fingerprint density at radius 3 is 2.75 bits per heavy atom. The van der Waals surface area contributed by atoms with Crippen molar-refractivity contribution in [1.82, 2.24) is 0 Å². The highest BCUT2D eigenvalue weighted by Crippen LogP contribution is 2.27. The van der Waals surface area contributed by atoms with Crippen LogP contribution in [0, 0.1) is 0 Å². The lowest BCUT2D eigenvalue weighted by Gasteiger charge is -2.18. The quantitative estimate of drug-likeness (QED) is 0.789. The number of phenolic OH excluding ortho intramolecular Hbond substituents is 1. The average molecular weight is 219 g/mol. The van der Waals surface area contributed by atoms with Crippen LogP contribution in [0.3, 0.4) is 0 Å². The first-order valence-electron chi connectivity index (χ1n) is 5.82. The fraction of sp³-hybridized carbons (Fsp3) is 0.462. The van der Waals surface area contributed by atoms with Gasteiger partial charge in [-0.05, 0) is 43.0 Å². The largest absolute Gasteiger partial charge is 0.508 e. The molecule has 16 heavy (non-hydrogen) atoms. The highest BCUT2D eigenvalue weighted by Gasteiger charge is 2.13. The van der Waals surface area contributed by atoms with Gasteiger partial charge in [-0.3, -0.25) is 0 Å². The molecule has 3 nitrogen and oxygen atoms in total. The Kier molecular flexibility index (Phi) is 3.44. The van der Waals surface area contributed by atoms with Crippen LogP contribution in [0.2, 0.25) is 0 Å². The highest BCUT2D eigenvalue weighted by molar-refractivity contribution is 5.55. The number of benzene rings is 1. The number of phenols is 1. The number of nitrogens with zero attached hydrogens (tertiary/aromatic N) is 1. The summed E-state index contributed by atoms with van der Waals surface area (Å²) >= 11 is 0. The number of anilines is 1. The summed E-state index contributed by atoms with van der Waals surface area (Å²) in [4.78, 5) is 12.7. The van der Waals surface area contributed by atoms with Crippen molar-refractivity contribution in [2.24, 2.45) is 0 Å². The van der Waals surface area contributed by atoms with Crippen molar-refractivity contribution < 1.29 is 9.90 Å². The Morgan fingerprint density at radius 1 is 1.31 bits per heavy atom. The molecule has 0 atom stereocenters. The Morgan fingerprint density at radius 2 is 2.06 bits per heavy atom. The molecule has 86 valence electrons. The normalized spacial score (nSPS) is 15.4. The van der Waals surface area contributed by atoms with Crippen molar-refractivity contribution in [3.05, 3.63) is 23.8 Å². The molecule has 3 heteroatoms. The van der Waals surface area contributed by atoms with Crippen LogP contribution in [0.5, 0.6) is 5.75 Å². The van der Waals surface area contributed by atoms with Gasteiger partial charge in [0.05, 0.1) is 0 Å². The van der Waals surface area contributed by atoms with Crippen LogP contribution in [0.25, 0.3) is 0 Å². The van der Waals surface area contributed by atoms with Crippen LogP contribution >= 0.6 is 0 Å². The predicted octanol–water partition coefficient (Wildman–Crippen LogP) is 2.12. The summed E-state index contributed by atoms with van der Waals surface area (Å²) in [6, 6.07) is 5.68. The average Bonchev–Trinajstić information content (AvgIpc) is 2.81. The Labute approximate surface area is 95.7 Å². The van der Waals surface area contributed by atoms with Crippen molar-refractivity contribution in [1.29, 1.82) is 0 Å². The zero-order valence-corrected chi connectivity index (χ0v) is 9.35. The number of hydrogen-bond acceptors (Lipinski definition) is 3. The monoisotopic (exact) mass is 219 g/mol. The molecule has 0 unspecified atom stereocenters. The third-order valence-electron chi connectivity index (χ3n) is 3.07. The van der Waals surface area contributed by atoms with Crippen molar-refractivity contribution in [3.63, 3.8) is 0 Å². The van der Waals surface area contributed by atoms with E-state index in [1.54, 1.807) is 6.07 Å². The van der Waals surface area contributed by atoms with Gasteiger partial charge in [0.1, 0.15) is 12.0 Å². The maximum Gasteiger partial charge on any atom is 0.120 e. The van der Waals surface area contributed by atoms with Gasteiger partial charge < -0.3 is 14.8 Å². The topological polar surface area (TPSA) is 40.5 Å². The van der Waals surface area contributed by atoms with Gasteiger partial charge in [-0.25, -0.2) is 0 Å². The van der Waals surface area contributed by atoms with E-state index in [1.165, 1.54) is 12.8 Å². The van der Waals surface area contributed by atoms with Crippen molar-refractivity contribution in [2.75, 3.05) is 18.0 Å². The predicted molar refractivity (Wildman–Crippen MR) is 63.9 cm³/mol. The van der Waals surface area contributed by atoms with Crippen LogP contribution in [-0.2, 0) is 11.2 Å². The molecule has 1 saturated heterocycles. The summed E-state index contributed by atoms with van der Waals surface area (Å²) in [6.45, 7) is 2.19. The molecule has 0 aromatic heterocycles. The van der Waals surface area contributed by atoms with E-state index in [0.29, 0.717) is 18.6 Å². The first-order valence-corrected chi connectivity index (χ1v) is 5.82. The lowest BCUT2D eigenvalue weighted by Crippen LogP contribution is -2.17. The molecule has 2 rings (SSSR count). The Balaban J connectivity index is 2.16. The van der Waals surface area contributed by atoms with Crippen molar-refractivity contribution in [2.45, 2.75) is 25.7 Å². The van der Waals surface area contributed by atoms with Gasteiger partial charge in [0.15, 0.2) is 0 Å². The van der Waals surface area contributed by atoms with Crippen molar-refractivity contribution >= 4 is 12.0 Å². The van der Waals surface area contributed by atoms with E-state index in [-0.39, 0.29) is 0 Å². The molecule has 1 fully saturated rings. The first kappa shape index (κ1) is 11.0. The SMILES string of the molecule is O=CCCc1cc(N2CCCC2)ccc1O. The number of aldehydes is 1. The van der Waals surface area contributed by atoms with Gasteiger partial charge in [-0.2, -0.15) is 0 Å².